The Hall–Kier alpha value is -0.570. The highest BCUT2D eigenvalue weighted by molar-refractivity contribution is 5.76. The van der Waals surface area contributed by atoms with Crippen LogP contribution in [0.2, 0.25) is 0 Å². The van der Waals surface area contributed by atoms with E-state index in [4.69, 9.17) is 4.74 Å². The van der Waals surface area contributed by atoms with Gasteiger partial charge in [-0.05, 0) is 58.9 Å². The maximum absolute atomic E-state index is 12.0. The van der Waals surface area contributed by atoms with E-state index in [9.17, 15) is 4.79 Å². The number of rotatable bonds is 3. The summed E-state index contributed by atoms with van der Waals surface area (Å²) in [6.45, 7) is 7.98. The average molecular weight is 225 g/mol. The van der Waals surface area contributed by atoms with Crippen molar-refractivity contribution in [2.24, 2.45) is 5.92 Å². The Bertz CT molecular complexity index is 266. The van der Waals surface area contributed by atoms with Crippen molar-refractivity contribution in [1.29, 1.82) is 0 Å². The molecule has 1 saturated carbocycles. The molecule has 0 aromatic heterocycles. The van der Waals surface area contributed by atoms with Crippen LogP contribution in [0.15, 0.2) is 0 Å². The van der Waals surface area contributed by atoms with E-state index >= 15 is 0 Å². The standard InChI is InChI=1S/C13H23NO2/c1-13(2,3)16-12(15)11-5-4-8-14(11)9-10-6-7-10/h10-11H,4-9H2,1-3H3/t11-/m1/s1. The van der Waals surface area contributed by atoms with Crippen LogP contribution in [0, 0.1) is 5.92 Å². The molecule has 0 unspecified atom stereocenters. The Morgan fingerprint density at radius 1 is 1.31 bits per heavy atom. The Balaban J connectivity index is 1.88. The maximum atomic E-state index is 12.0. The molecule has 0 N–H and O–H groups in total. The molecule has 3 nitrogen and oxygen atoms in total. The molecule has 1 aliphatic carbocycles. The third-order valence-corrected chi connectivity index (χ3v) is 3.23. The minimum Gasteiger partial charge on any atom is -0.459 e. The minimum atomic E-state index is -0.356. The topological polar surface area (TPSA) is 29.5 Å². The number of hydrogen-bond donors (Lipinski definition) is 0. The van der Waals surface area contributed by atoms with Crippen LogP contribution >= 0.6 is 0 Å². The van der Waals surface area contributed by atoms with Crippen LogP contribution < -0.4 is 0 Å². The molecule has 0 radical (unpaired) electrons. The van der Waals surface area contributed by atoms with Gasteiger partial charge in [0.05, 0.1) is 0 Å². The SMILES string of the molecule is CC(C)(C)OC(=O)[C@H]1CCCN1CC1CC1. The Kier molecular flexibility index (Phi) is 3.24. The summed E-state index contributed by atoms with van der Waals surface area (Å²) < 4.78 is 5.47. The van der Waals surface area contributed by atoms with Crippen LogP contribution in [0.25, 0.3) is 0 Å². The van der Waals surface area contributed by atoms with Crippen LogP contribution in [-0.4, -0.2) is 35.6 Å². The summed E-state index contributed by atoms with van der Waals surface area (Å²) in [5.41, 5.74) is -0.356. The molecule has 0 bridgehead atoms. The van der Waals surface area contributed by atoms with Crippen LogP contribution in [0.4, 0.5) is 0 Å². The molecule has 2 rings (SSSR count). The van der Waals surface area contributed by atoms with Gasteiger partial charge in [0.1, 0.15) is 11.6 Å². The van der Waals surface area contributed by atoms with Crippen molar-refractivity contribution in [1.82, 2.24) is 4.90 Å². The van der Waals surface area contributed by atoms with E-state index in [0.717, 1.165) is 31.8 Å². The van der Waals surface area contributed by atoms with E-state index in [2.05, 4.69) is 4.90 Å². The lowest BCUT2D eigenvalue weighted by atomic mass is 10.1. The normalized spacial score (nSPS) is 27.1. The first-order chi connectivity index (χ1) is 7.46. The van der Waals surface area contributed by atoms with Gasteiger partial charge in [0, 0.05) is 6.54 Å². The number of likely N-dealkylation sites (tertiary alicyclic amines) is 1. The van der Waals surface area contributed by atoms with Crippen LogP contribution in [0.3, 0.4) is 0 Å². The molecule has 2 fully saturated rings. The van der Waals surface area contributed by atoms with E-state index in [0.29, 0.717) is 0 Å². The molecule has 0 aromatic carbocycles. The molecule has 1 atom stereocenters. The summed E-state index contributed by atoms with van der Waals surface area (Å²) in [5, 5.41) is 0. The molecule has 2 aliphatic rings. The molecular formula is C13H23NO2. The van der Waals surface area contributed by atoms with Crippen LogP contribution in [-0.2, 0) is 9.53 Å². The summed E-state index contributed by atoms with van der Waals surface area (Å²) >= 11 is 0. The Labute approximate surface area is 98.1 Å². The van der Waals surface area contributed by atoms with E-state index in [1.54, 1.807) is 0 Å². The molecule has 0 spiro atoms. The zero-order chi connectivity index (χ0) is 11.8. The van der Waals surface area contributed by atoms with Gasteiger partial charge < -0.3 is 4.74 Å². The number of carbonyl (C=O) groups excluding carboxylic acids is 1. The molecule has 0 aromatic rings. The molecule has 0 amide bonds. The lowest BCUT2D eigenvalue weighted by Gasteiger charge is -2.27. The first-order valence-corrected chi connectivity index (χ1v) is 6.42. The van der Waals surface area contributed by atoms with Crippen molar-refractivity contribution in [2.75, 3.05) is 13.1 Å². The molecular weight excluding hydrogens is 202 g/mol. The minimum absolute atomic E-state index is 0.0225. The number of ether oxygens (including phenoxy) is 1. The first kappa shape index (κ1) is 11.9. The van der Waals surface area contributed by atoms with Crippen molar-refractivity contribution in [2.45, 2.75) is 58.1 Å². The number of hydrogen-bond acceptors (Lipinski definition) is 3. The van der Waals surface area contributed by atoms with Crippen molar-refractivity contribution in [3.63, 3.8) is 0 Å². The average Bonchev–Trinajstić information content (AvgIpc) is 2.78. The number of carbonyl (C=O) groups is 1. The Morgan fingerprint density at radius 2 is 2.00 bits per heavy atom. The summed E-state index contributed by atoms with van der Waals surface area (Å²) in [6.07, 6.45) is 4.80. The maximum Gasteiger partial charge on any atom is 0.323 e. The Morgan fingerprint density at radius 3 is 2.56 bits per heavy atom. The molecule has 1 aliphatic heterocycles. The van der Waals surface area contributed by atoms with E-state index in [-0.39, 0.29) is 17.6 Å². The van der Waals surface area contributed by atoms with Crippen LogP contribution in [0.5, 0.6) is 0 Å². The second-order valence-electron chi connectivity index (χ2n) is 6.13. The van der Waals surface area contributed by atoms with Crippen molar-refractivity contribution < 1.29 is 9.53 Å². The van der Waals surface area contributed by atoms with Crippen molar-refractivity contribution in [3.05, 3.63) is 0 Å². The van der Waals surface area contributed by atoms with Gasteiger partial charge in [0.2, 0.25) is 0 Å². The van der Waals surface area contributed by atoms with Gasteiger partial charge in [-0.1, -0.05) is 0 Å². The fourth-order valence-electron chi connectivity index (χ4n) is 2.31. The highest BCUT2D eigenvalue weighted by Gasteiger charge is 2.36. The van der Waals surface area contributed by atoms with Gasteiger partial charge in [-0.3, -0.25) is 9.69 Å². The lowest BCUT2D eigenvalue weighted by Crippen LogP contribution is -2.41. The largest absolute Gasteiger partial charge is 0.459 e. The summed E-state index contributed by atoms with van der Waals surface area (Å²) in [6, 6.07) is 0.0276. The lowest BCUT2D eigenvalue weighted by molar-refractivity contribution is -0.160. The monoisotopic (exact) mass is 225 g/mol. The van der Waals surface area contributed by atoms with E-state index in [1.165, 1.54) is 12.8 Å². The van der Waals surface area contributed by atoms with Crippen LogP contribution in [0.1, 0.15) is 46.5 Å². The van der Waals surface area contributed by atoms with E-state index in [1.807, 2.05) is 20.8 Å². The van der Waals surface area contributed by atoms with Gasteiger partial charge in [-0.15, -0.1) is 0 Å². The van der Waals surface area contributed by atoms with Gasteiger partial charge >= 0.3 is 5.97 Å². The summed E-state index contributed by atoms with van der Waals surface area (Å²) in [7, 11) is 0. The summed E-state index contributed by atoms with van der Waals surface area (Å²) in [4.78, 5) is 14.3. The zero-order valence-electron chi connectivity index (χ0n) is 10.7. The second kappa shape index (κ2) is 4.36. The summed E-state index contributed by atoms with van der Waals surface area (Å²) in [5.74, 6) is 0.827. The highest BCUT2D eigenvalue weighted by Crippen LogP contribution is 2.32. The van der Waals surface area contributed by atoms with Gasteiger partial charge in [-0.25, -0.2) is 0 Å². The number of nitrogens with zero attached hydrogens (tertiary/aromatic N) is 1. The molecule has 3 heteroatoms. The quantitative estimate of drug-likeness (QED) is 0.690. The predicted octanol–water partition coefficient (Wildman–Crippen LogP) is 2.20. The molecule has 1 heterocycles. The smallest absolute Gasteiger partial charge is 0.323 e. The van der Waals surface area contributed by atoms with Crippen molar-refractivity contribution in [3.8, 4) is 0 Å². The molecule has 16 heavy (non-hydrogen) atoms. The third kappa shape index (κ3) is 3.21. The third-order valence-electron chi connectivity index (χ3n) is 3.23. The molecule has 1 saturated heterocycles. The van der Waals surface area contributed by atoms with Gasteiger partial charge in [0.15, 0.2) is 0 Å². The fourth-order valence-corrected chi connectivity index (χ4v) is 2.31. The second-order valence-corrected chi connectivity index (χ2v) is 6.13. The zero-order valence-corrected chi connectivity index (χ0v) is 10.7. The molecule has 92 valence electrons. The fraction of sp³-hybridized carbons (Fsp3) is 0.923. The van der Waals surface area contributed by atoms with E-state index < -0.39 is 0 Å². The number of esters is 1. The predicted molar refractivity (Wildman–Crippen MR) is 63.2 cm³/mol. The van der Waals surface area contributed by atoms with Gasteiger partial charge in [0.25, 0.3) is 0 Å². The first-order valence-electron chi connectivity index (χ1n) is 6.42. The van der Waals surface area contributed by atoms with Gasteiger partial charge in [-0.2, -0.15) is 0 Å². The highest BCUT2D eigenvalue weighted by atomic mass is 16.6. The van der Waals surface area contributed by atoms with Crippen molar-refractivity contribution >= 4 is 5.97 Å².